The number of hydrogen-bond donors (Lipinski definition) is 0. The van der Waals surface area contributed by atoms with Gasteiger partial charge in [0, 0.05) is 25.6 Å². The summed E-state index contributed by atoms with van der Waals surface area (Å²) in [5, 5.41) is 0. The van der Waals surface area contributed by atoms with Gasteiger partial charge >= 0.3 is 0 Å². The minimum atomic E-state index is 0.246. The molecule has 76 valence electrons. The lowest BCUT2D eigenvalue weighted by molar-refractivity contribution is -0.116. The summed E-state index contributed by atoms with van der Waals surface area (Å²) in [5.41, 5.74) is 1.08. The second-order valence-corrected chi connectivity index (χ2v) is 4.00. The van der Waals surface area contributed by atoms with E-state index in [1.165, 1.54) is 18.7 Å². The van der Waals surface area contributed by atoms with Gasteiger partial charge in [0.1, 0.15) is 11.6 Å². The van der Waals surface area contributed by atoms with Crippen LogP contribution in [0.4, 0.5) is 0 Å². The molecule has 0 amide bonds. The Kier molecular flexibility index (Phi) is 2.66. The Morgan fingerprint density at radius 2 is 2.43 bits per heavy atom. The van der Waals surface area contributed by atoms with Crippen molar-refractivity contribution >= 4 is 5.78 Å². The van der Waals surface area contributed by atoms with Gasteiger partial charge < -0.3 is 9.36 Å². The lowest BCUT2D eigenvalue weighted by Gasteiger charge is -2.11. The minimum Gasteiger partial charge on any atom is -0.335 e. The summed E-state index contributed by atoms with van der Waals surface area (Å²) in [6.07, 6.45) is 7.14. The third kappa shape index (κ3) is 2.03. The zero-order valence-corrected chi connectivity index (χ0v) is 8.62. The van der Waals surface area contributed by atoms with Crippen molar-refractivity contribution in [2.24, 2.45) is 0 Å². The monoisotopic (exact) mass is 192 g/mol. The molecule has 0 bridgehead atoms. The fraction of sp³-hybridized carbons (Fsp3) is 0.636. The van der Waals surface area contributed by atoms with Crippen molar-refractivity contribution in [2.75, 3.05) is 0 Å². The number of imidazole rings is 1. The average molecular weight is 192 g/mol. The Morgan fingerprint density at radius 1 is 1.57 bits per heavy atom. The summed E-state index contributed by atoms with van der Waals surface area (Å²) < 4.78 is 2.24. The van der Waals surface area contributed by atoms with Crippen LogP contribution in [0, 0.1) is 0 Å². The normalized spacial score (nSPS) is 15.2. The summed E-state index contributed by atoms with van der Waals surface area (Å²) in [6.45, 7) is 2.73. The number of nitrogens with zero attached hydrogens (tertiary/aromatic N) is 2. The quantitative estimate of drug-likeness (QED) is 0.731. The van der Waals surface area contributed by atoms with E-state index in [1.807, 2.05) is 0 Å². The maximum Gasteiger partial charge on any atom is 0.130 e. The maximum atomic E-state index is 10.8. The van der Waals surface area contributed by atoms with Crippen molar-refractivity contribution in [1.82, 2.24) is 9.55 Å². The van der Waals surface area contributed by atoms with Gasteiger partial charge in [-0.2, -0.15) is 0 Å². The van der Waals surface area contributed by atoms with Gasteiger partial charge in [0.2, 0.25) is 0 Å². The number of carbonyl (C=O) groups is 1. The van der Waals surface area contributed by atoms with E-state index < -0.39 is 0 Å². The molecule has 3 heteroatoms. The van der Waals surface area contributed by atoms with Crippen molar-refractivity contribution in [3.63, 3.8) is 0 Å². The fourth-order valence-electron chi connectivity index (χ4n) is 1.90. The van der Waals surface area contributed by atoms with Crippen LogP contribution in [-0.4, -0.2) is 15.3 Å². The van der Waals surface area contributed by atoms with Crippen LogP contribution in [0.1, 0.15) is 37.7 Å². The van der Waals surface area contributed by atoms with Crippen LogP contribution in [0.25, 0.3) is 0 Å². The topological polar surface area (TPSA) is 34.9 Å². The van der Waals surface area contributed by atoms with Crippen molar-refractivity contribution < 1.29 is 4.79 Å². The Morgan fingerprint density at radius 3 is 3.14 bits per heavy atom. The van der Waals surface area contributed by atoms with Gasteiger partial charge in [-0.1, -0.05) is 0 Å². The summed E-state index contributed by atoms with van der Waals surface area (Å²) >= 11 is 0. The van der Waals surface area contributed by atoms with E-state index in [0.29, 0.717) is 6.42 Å². The first-order chi connectivity index (χ1) is 6.75. The summed E-state index contributed by atoms with van der Waals surface area (Å²) in [6, 6.07) is 0. The molecule has 1 aliphatic rings. The van der Waals surface area contributed by atoms with Crippen molar-refractivity contribution in [1.29, 1.82) is 0 Å². The van der Waals surface area contributed by atoms with E-state index in [9.17, 15) is 4.79 Å². The number of carbonyl (C=O) groups excluding carboxylic acids is 1. The number of fused-ring (bicyclic) bond motifs is 1. The van der Waals surface area contributed by atoms with Crippen LogP contribution in [-0.2, 0) is 24.2 Å². The number of Topliss-reactive ketones (excluding diaryl/α,β-unsaturated/α-hetero) is 1. The standard InChI is InChI=1S/C11H16N2O/c1-9(14)5-6-10-8-13-7-3-2-4-11(13)12-10/h8H,2-7H2,1H3. The molecule has 1 aromatic heterocycles. The van der Waals surface area contributed by atoms with Crippen LogP contribution < -0.4 is 0 Å². The first kappa shape index (κ1) is 9.44. The number of aryl methyl sites for hydroxylation is 3. The molecule has 0 atom stereocenters. The lowest BCUT2D eigenvalue weighted by Crippen LogP contribution is -2.08. The van der Waals surface area contributed by atoms with E-state index in [-0.39, 0.29) is 5.78 Å². The Labute approximate surface area is 84.1 Å². The average Bonchev–Trinajstić information content (AvgIpc) is 2.57. The molecular weight excluding hydrogens is 176 g/mol. The molecule has 0 saturated carbocycles. The highest BCUT2D eigenvalue weighted by atomic mass is 16.1. The minimum absolute atomic E-state index is 0.246. The summed E-state index contributed by atoms with van der Waals surface area (Å²) in [5.74, 6) is 1.45. The molecule has 0 N–H and O–H groups in total. The Balaban J connectivity index is 2.04. The van der Waals surface area contributed by atoms with Gasteiger partial charge in [0.05, 0.1) is 5.69 Å². The number of hydrogen-bond acceptors (Lipinski definition) is 2. The van der Waals surface area contributed by atoms with E-state index in [0.717, 1.165) is 25.1 Å². The summed E-state index contributed by atoms with van der Waals surface area (Å²) in [7, 11) is 0. The SMILES string of the molecule is CC(=O)CCc1cn2c(n1)CCCC2. The van der Waals surface area contributed by atoms with Crippen LogP contribution in [0.3, 0.4) is 0 Å². The molecule has 14 heavy (non-hydrogen) atoms. The predicted molar refractivity (Wildman–Crippen MR) is 54.2 cm³/mol. The van der Waals surface area contributed by atoms with Crippen LogP contribution >= 0.6 is 0 Å². The van der Waals surface area contributed by atoms with E-state index in [1.54, 1.807) is 6.92 Å². The van der Waals surface area contributed by atoms with Gasteiger partial charge in [-0.05, 0) is 26.2 Å². The third-order valence-corrected chi connectivity index (χ3v) is 2.69. The second kappa shape index (κ2) is 3.95. The Bertz CT molecular complexity index is 318. The van der Waals surface area contributed by atoms with Gasteiger partial charge in [0.15, 0.2) is 0 Å². The first-order valence-corrected chi connectivity index (χ1v) is 5.30. The second-order valence-electron chi connectivity index (χ2n) is 4.00. The molecule has 3 nitrogen and oxygen atoms in total. The molecule has 0 aromatic carbocycles. The zero-order chi connectivity index (χ0) is 9.97. The smallest absolute Gasteiger partial charge is 0.130 e. The Hall–Kier alpha value is -1.12. The highest BCUT2D eigenvalue weighted by Gasteiger charge is 2.11. The van der Waals surface area contributed by atoms with E-state index in [4.69, 9.17) is 0 Å². The molecule has 0 aliphatic carbocycles. The molecule has 1 aromatic rings. The van der Waals surface area contributed by atoms with Crippen molar-refractivity contribution in [3.05, 3.63) is 17.7 Å². The largest absolute Gasteiger partial charge is 0.335 e. The molecule has 0 fully saturated rings. The predicted octanol–water partition coefficient (Wildman–Crippen LogP) is 1.74. The summed E-state index contributed by atoms with van der Waals surface area (Å²) in [4.78, 5) is 15.4. The van der Waals surface area contributed by atoms with Crippen molar-refractivity contribution in [3.8, 4) is 0 Å². The van der Waals surface area contributed by atoms with Crippen LogP contribution in [0.15, 0.2) is 6.20 Å². The first-order valence-electron chi connectivity index (χ1n) is 5.30. The number of aromatic nitrogens is 2. The van der Waals surface area contributed by atoms with Gasteiger partial charge in [-0.3, -0.25) is 0 Å². The molecule has 0 spiro atoms. The van der Waals surface area contributed by atoms with E-state index >= 15 is 0 Å². The van der Waals surface area contributed by atoms with Gasteiger partial charge in [-0.25, -0.2) is 4.98 Å². The van der Waals surface area contributed by atoms with Crippen LogP contribution in [0.5, 0.6) is 0 Å². The number of ketones is 1. The molecule has 0 unspecified atom stereocenters. The molecule has 0 radical (unpaired) electrons. The van der Waals surface area contributed by atoms with Crippen molar-refractivity contribution in [2.45, 2.75) is 45.6 Å². The third-order valence-electron chi connectivity index (χ3n) is 2.69. The molecule has 2 rings (SSSR count). The van der Waals surface area contributed by atoms with Crippen LogP contribution in [0.2, 0.25) is 0 Å². The highest BCUT2D eigenvalue weighted by molar-refractivity contribution is 5.75. The maximum absolute atomic E-state index is 10.8. The van der Waals surface area contributed by atoms with Gasteiger partial charge in [0.25, 0.3) is 0 Å². The zero-order valence-electron chi connectivity index (χ0n) is 8.62. The van der Waals surface area contributed by atoms with E-state index in [2.05, 4.69) is 15.7 Å². The fourth-order valence-corrected chi connectivity index (χ4v) is 1.90. The molecule has 2 heterocycles. The molecule has 0 saturated heterocycles. The lowest BCUT2D eigenvalue weighted by atomic mass is 10.2. The van der Waals surface area contributed by atoms with Gasteiger partial charge in [-0.15, -0.1) is 0 Å². The number of rotatable bonds is 3. The highest BCUT2D eigenvalue weighted by Crippen LogP contribution is 2.15. The molecule has 1 aliphatic heterocycles. The molecular formula is C11H16N2O.